The fraction of sp³-hybridized carbons (Fsp3) is 0.107. The number of nitrogens with two attached hydrogens (primary N) is 2. The molecule has 5 aromatic heterocycles. The molecule has 11 nitrogen and oxygen atoms in total. The van der Waals surface area contributed by atoms with Gasteiger partial charge in [0.2, 0.25) is 0 Å². The van der Waals surface area contributed by atoms with Gasteiger partial charge in [-0.05, 0) is 30.3 Å². The molecule has 39 heavy (non-hydrogen) atoms. The predicted molar refractivity (Wildman–Crippen MR) is 147 cm³/mol. The van der Waals surface area contributed by atoms with Crippen LogP contribution in [0.5, 0.6) is 0 Å². The lowest BCUT2D eigenvalue weighted by Gasteiger charge is -2.11. The maximum Gasteiger partial charge on any atom is 0.283 e. The lowest BCUT2D eigenvalue weighted by molar-refractivity contribution is 0.100. The Balaban J connectivity index is 0.000000198. The van der Waals surface area contributed by atoms with Gasteiger partial charge in [-0.1, -0.05) is 43.0 Å². The normalized spacial score (nSPS) is 10.6. The first kappa shape index (κ1) is 25.0. The topological polar surface area (TPSA) is 144 Å². The Kier molecular flexibility index (Phi) is 6.67. The summed E-state index contributed by atoms with van der Waals surface area (Å²) in [5.41, 5.74) is 14.2. The van der Waals surface area contributed by atoms with Crippen LogP contribution in [0.1, 0.15) is 34.2 Å². The van der Waals surface area contributed by atoms with Crippen molar-refractivity contribution in [3.8, 4) is 17.5 Å². The molecule has 1 aromatic carbocycles. The third-order valence-electron chi connectivity index (χ3n) is 5.94. The lowest BCUT2D eigenvalue weighted by Crippen LogP contribution is -2.26. The number of rotatable bonds is 3. The molecule has 1 amide bonds. The van der Waals surface area contributed by atoms with E-state index in [4.69, 9.17) is 11.5 Å². The largest absolute Gasteiger partial charge is 0.382 e. The van der Waals surface area contributed by atoms with Crippen molar-refractivity contribution in [3.63, 3.8) is 0 Å². The number of hydrogen-bond acceptors (Lipinski definition) is 6. The van der Waals surface area contributed by atoms with Gasteiger partial charge in [0.05, 0.1) is 28.5 Å². The molecule has 0 aliphatic heterocycles. The van der Waals surface area contributed by atoms with Gasteiger partial charge in [0.15, 0.2) is 5.82 Å². The van der Waals surface area contributed by atoms with Crippen molar-refractivity contribution in [1.29, 1.82) is 0 Å². The Morgan fingerprint density at radius 1 is 0.974 bits per heavy atom. The highest BCUT2D eigenvalue weighted by molar-refractivity contribution is 6.04. The van der Waals surface area contributed by atoms with Crippen LogP contribution >= 0.6 is 0 Å². The summed E-state index contributed by atoms with van der Waals surface area (Å²) in [5.74, 6) is 6.44. The lowest BCUT2D eigenvalue weighted by atomic mass is 10.2. The van der Waals surface area contributed by atoms with E-state index in [9.17, 15) is 9.59 Å². The van der Waals surface area contributed by atoms with Crippen molar-refractivity contribution in [2.75, 3.05) is 5.73 Å². The molecule has 6 rings (SSSR count). The summed E-state index contributed by atoms with van der Waals surface area (Å²) in [5, 5.41) is 12.6. The maximum absolute atomic E-state index is 13.2. The molecular formula is C28H25N9O2. The fourth-order valence-electron chi connectivity index (χ4n) is 4.18. The van der Waals surface area contributed by atoms with E-state index in [0.717, 1.165) is 11.3 Å². The SMILES string of the molecule is CCc1nn2ccc(C#Cc3cnn(C)c3)c2c(=O)n1-c1ccccc1.NC(=O)c1c(N)nn2ccccc12. The molecule has 0 fully saturated rings. The van der Waals surface area contributed by atoms with Crippen molar-refractivity contribution < 1.29 is 4.79 Å². The molecular weight excluding hydrogens is 494 g/mol. The van der Waals surface area contributed by atoms with Crippen LogP contribution in [0.4, 0.5) is 5.82 Å². The number of carbonyl (C=O) groups excluding carboxylic acids is 1. The van der Waals surface area contributed by atoms with Crippen molar-refractivity contribution in [1.82, 2.24) is 33.6 Å². The Morgan fingerprint density at radius 2 is 1.74 bits per heavy atom. The standard InChI is InChI=1S/C20H17N5O.C8H8N4O/c1-3-18-22-24-12-11-16(10-9-15-13-21-23(2)14-15)19(24)20(26)25(18)17-7-5-4-6-8-17;9-7-6(8(10)13)5-3-1-2-4-12(5)11-7/h4-8,11-14H,3H2,1-2H3;1-4H,(H2,9,11)(H2,10,13). The zero-order valence-electron chi connectivity index (χ0n) is 21.3. The molecule has 0 spiro atoms. The summed E-state index contributed by atoms with van der Waals surface area (Å²) in [6.07, 6.45) is 7.66. The van der Waals surface area contributed by atoms with Crippen LogP contribution in [0.2, 0.25) is 0 Å². The van der Waals surface area contributed by atoms with Crippen LogP contribution in [-0.2, 0) is 13.5 Å². The van der Waals surface area contributed by atoms with E-state index >= 15 is 0 Å². The first-order valence-corrected chi connectivity index (χ1v) is 12.1. The second-order valence-corrected chi connectivity index (χ2v) is 8.58. The fourth-order valence-corrected chi connectivity index (χ4v) is 4.18. The maximum atomic E-state index is 13.2. The summed E-state index contributed by atoms with van der Waals surface area (Å²) in [6.45, 7) is 1.99. The van der Waals surface area contributed by atoms with Gasteiger partial charge in [0.25, 0.3) is 11.5 Å². The number of amides is 1. The van der Waals surface area contributed by atoms with Crippen molar-refractivity contribution >= 4 is 22.8 Å². The van der Waals surface area contributed by atoms with Gasteiger partial charge in [0, 0.05) is 32.1 Å². The van der Waals surface area contributed by atoms with E-state index in [0.29, 0.717) is 28.8 Å². The van der Waals surface area contributed by atoms with E-state index in [1.54, 1.807) is 50.6 Å². The van der Waals surface area contributed by atoms with Crippen molar-refractivity contribution in [2.45, 2.75) is 13.3 Å². The predicted octanol–water partition coefficient (Wildman–Crippen LogP) is 2.20. The number of fused-ring (bicyclic) bond motifs is 2. The minimum atomic E-state index is -0.557. The van der Waals surface area contributed by atoms with E-state index in [-0.39, 0.29) is 16.9 Å². The zero-order chi connectivity index (χ0) is 27.5. The molecule has 194 valence electrons. The van der Waals surface area contributed by atoms with Gasteiger partial charge in [-0.15, -0.1) is 5.10 Å². The first-order valence-electron chi connectivity index (χ1n) is 12.1. The van der Waals surface area contributed by atoms with E-state index in [2.05, 4.69) is 27.1 Å². The molecule has 0 bridgehead atoms. The van der Waals surface area contributed by atoms with Crippen LogP contribution in [-0.4, -0.2) is 39.5 Å². The number of benzene rings is 1. The molecule has 4 N–H and O–H groups in total. The smallest absolute Gasteiger partial charge is 0.283 e. The third-order valence-corrected chi connectivity index (χ3v) is 5.94. The highest BCUT2D eigenvalue weighted by atomic mass is 16.1. The number of aryl methyl sites for hydroxylation is 2. The average molecular weight is 520 g/mol. The van der Waals surface area contributed by atoms with E-state index < -0.39 is 5.91 Å². The molecule has 0 radical (unpaired) electrons. The Bertz CT molecular complexity index is 1930. The number of primary amides is 1. The summed E-state index contributed by atoms with van der Waals surface area (Å²) < 4.78 is 6.49. The quantitative estimate of drug-likeness (QED) is 0.343. The number of pyridine rings is 1. The minimum absolute atomic E-state index is 0.122. The molecule has 5 heterocycles. The number of para-hydroxylation sites is 1. The van der Waals surface area contributed by atoms with Crippen LogP contribution < -0.4 is 17.0 Å². The van der Waals surface area contributed by atoms with Gasteiger partial charge in [-0.2, -0.15) is 10.2 Å². The third kappa shape index (κ3) is 4.86. The average Bonchev–Trinajstić information content (AvgIpc) is 3.63. The number of nitrogen functional groups attached to an aromatic ring is 1. The van der Waals surface area contributed by atoms with Crippen LogP contribution in [0.3, 0.4) is 0 Å². The number of hydrogen-bond donors (Lipinski definition) is 2. The number of carbonyl (C=O) groups is 1. The Hall–Kier alpha value is -5.63. The van der Waals surface area contributed by atoms with Crippen LogP contribution in [0.25, 0.3) is 16.7 Å². The molecule has 6 aromatic rings. The summed E-state index contributed by atoms with van der Waals surface area (Å²) in [7, 11) is 1.84. The number of nitrogens with zero attached hydrogens (tertiary/aromatic N) is 7. The van der Waals surface area contributed by atoms with Crippen LogP contribution in [0, 0.1) is 11.8 Å². The van der Waals surface area contributed by atoms with Gasteiger partial charge < -0.3 is 11.5 Å². The zero-order valence-corrected chi connectivity index (χ0v) is 21.3. The number of anilines is 1. The molecule has 11 heteroatoms. The van der Waals surface area contributed by atoms with E-state index in [1.807, 2.05) is 56.6 Å². The monoisotopic (exact) mass is 519 g/mol. The molecule has 0 aliphatic rings. The van der Waals surface area contributed by atoms with Gasteiger partial charge in [-0.25, -0.2) is 9.03 Å². The summed E-state index contributed by atoms with van der Waals surface area (Å²) in [6, 6.07) is 16.7. The number of aromatic nitrogens is 7. The molecule has 0 atom stereocenters. The first-order chi connectivity index (χ1) is 18.9. The van der Waals surface area contributed by atoms with Gasteiger partial charge in [0.1, 0.15) is 16.9 Å². The summed E-state index contributed by atoms with van der Waals surface area (Å²) in [4.78, 5) is 24.2. The second-order valence-electron chi connectivity index (χ2n) is 8.58. The molecule has 0 saturated heterocycles. The van der Waals surface area contributed by atoms with Crippen LogP contribution in [0.15, 0.2) is 84.2 Å². The van der Waals surface area contributed by atoms with E-state index in [1.165, 1.54) is 4.52 Å². The highest BCUT2D eigenvalue weighted by Gasteiger charge is 2.15. The Labute approximate surface area is 222 Å². The Morgan fingerprint density at radius 3 is 2.44 bits per heavy atom. The molecule has 0 aliphatic carbocycles. The second kappa shape index (κ2) is 10.4. The van der Waals surface area contributed by atoms with Gasteiger partial charge >= 0.3 is 0 Å². The minimum Gasteiger partial charge on any atom is -0.382 e. The highest BCUT2D eigenvalue weighted by Crippen LogP contribution is 2.16. The van der Waals surface area contributed by atoms with Crippen molar-refractivity contribution in [2.24, 2.45) is 12.8 Å². The summed E-state index contributed by atoms with van der Waals surface area (Å²) >= 11 is 0. The molecule has 0 unspecified atom stereocenters. The molecule has 0 saturated carbocycles. The van der Waals surface area contributed by atoms with Crippen molar-refractivity contribution in [3.05, 3.63) is 112 Å². The van der Waals surface area contributed by atoms with Gasteiger partial charge in [-0.3, -0.25) is 18.8 Å².